The predicted molar refractivity (Wildman–Crippen MR) is 124 cm³/mol. The highest BCUT2D eigenvalue weighted by Gasteiger charge is 2.19. The van der Waals surface area contributed by atoms with Gasteiger partial charge in [0, 0.05) is 6.42 Å². The van der Waals surface area contributed by atoms with Crippen molar-refractivity contribution < 1.29 is 14.3 Å². The van der Waals surface area contributed by atoms with Gasteiger partial charge in [-0.15, -0.1) is 0 Å². The summed E-state index contributed by atoms with van der Waals surface area (Å²) in [6, 6.07) is 0. The molecule has 0 N–H and O–H groups in total. The number of allylic oxidation sites excluding steroid dienone is 2. The zero-order valence-corrected chi connectivity index (χ0v) is 19.7. The van der Waals surface area contributed by atoms with Crippen LogP contribution in [-0.2, 0) is 14.3 Å². The second-order valence-corrected chi connectivity index (χ2v) is 8.35. The fourth-order valence-corrected chi connectivity index (χ4v) is 3.59. The number of carbonyl (C=O) groups excluding carboxylic acids is 2. The Balaban J connectivity index is 3.61. The van der Waals surface area contributed by atoms with E-state index in [0.717, 1.165) is 44.9 Å². The van der Waals surface area contributed by atoms with E-state index >= 15 is 0 Å². The van der Waals surface area contributed by atoms with Crippen molar-refractivity contribution in [3.8, 4) is 0 Å². The van der Waals surface area contributed by atoms with Crippen LogP contribution < -0.4 is 0 Å². The van der Waals surface area contributed by atoms with E-state index in [-0.39, 0.29) is 11.9 Å². The fourth-order valence-electron chi connectivity index (χ4n) is 3.59. The van der Waals surface area contributed by atoms with Crippen molar-refractivity contribution in [2.45, 2.75) is 142 Å². The van der Waals surface area contributed by atoms with Crippen LogP contribution in [0.3, 0.4) is 0 Å². The summed E-state index contributed by atoms with van der Waals surface area (Å²) in [4.78, 5) is 24.0. The van der Waals surface area contributed by atoms with Gasteiger partial charge in [0.15, 0.2) is 0 Å². The second kappa shape index (κ2) is 21.6. The molecule has 29 heavy (non-hydrogen) atoms. The van der Waals surface area contributed by atoms with Crippen LogP contribution in [-0.4, -0.2) is 17.9 Å². The fraction of sp³-hybridized carbons (Fsp3) is 0.846. The van der Waals surface area contributed by atoms with E-state index in [4.69, 9.17) is 4.74 Å². The number of rotatable bonds is 21. The monoisotopic (exact) mass is 408 g/mol. The summed E-state index contributed by atoms with van der Waals surface area (Å²) in [7, 11) is 0. The number of Topliss-reactive ketones (excluding diaryl/α,β-unsaturated/α-hetero) is 1. The topological polar surface area (TPSA) is 43.4 Å². The van der Waals surface area contributed by atoms with E-state index in [1.165, 1.54) is 64.2 Å². The Morgan fingerprint density at radius 2 is 1.31 bits per heavy atom. The van der Waals surface area contributed by atoms with Crippen LogP contribution in [0.15, 0.2) is 12.2 Å². The maximum Gasteiger partial charge on any atom is 0.374 e. The van der Waals surface area contributed by atoms with Crippen LogP contribution in [0.4, 0.5) is 0 Å². The van der Waals surface area contributed by atoms with Gasteiger partial charge in [-0.2, -0.15) is 0 Å². The zero-order chi connectivity index (χ0) is 21.6. The van der Waals surface area contributed by atoms with Crippen LogP contribution in [0.1, 0.15) is 136 Å². The molecule has 0 aliphatic heterocycles. The SMILES string of the molecule is CC=CCCCCC(CC)OC(=O)C(=O)CCCCCCCCCCCCCC. The minimum absolute atomic E-state index is 0.112. The number of hydrogen-bond acceptors (Lipinski definition) is 3. The molecule has 0 aliphatic carbocycles. The molecule has 1 atom stereocenters. The Hall–Kier alpha value is -1.12. The molecule has 0 amide bonds. The first-order valence-corrected chi connectivity index (χ1v) is 12.5. The predicted octanol–water partition coefficient (Wildman–Crippen LogP) is 8.11. The first-order valence-electron chi connectivity index (χ1n) is 12.5. The van der Waals surface area contributed by atoms with Gasteiger partial charge in [-0.05, 0) is 45.4 Å². The Labute approximate surface area is 181 Å². The lowest BCUT2D eigenvalue weighted by atomic mass is 10.0. The lowest BCUT2D eigenvalue weighted by Crippen LogP contribution is -2.24. The first-order chi connectivity index (χ1) is 14.2. The molecular weight excluding hydrogens is 360 g/mol. The molecule has 0 spiro atoms. The van der Waals surface area contributed by atoms with Crippen molar-refractivity contribution in [3.63, 3.8) is 0 Å². The van der Waals surface area contributed by atoms with Gasteiger partial charge in [0.05, 0.1) is 0 Å². The van der Waals surface area contributed by atoms with Crippen molar-refractivity contribution in [2.24, 2.45) is 0 Å². The van der Waals surface area contributed by atoms with Gasteiger partial charge >= 0.3 is 5.97 Å². The summed E-state index contributed by atoms with van der Waals surface area (Å²) in [6.45, 7) is 6.30. The Bertz CT molecular complexity index is 414. The Morgan fingerprint density at radius 3 is 1.83 bits per heavy atom. The highest BCUT2D eigenvalue weighted by molar-refractivity contribution is 6.33. The molecule has 170 valence electrons. The molecule has 0 fully saturated rings. The summed E-state index contributed by atoms with van der Waals surface area (Å²) in [5.41, 5.74) is 0. The summed E-state index contributed by atoms with van der Waals surface area (Å²) >= 11 is 0. The van der Waals surface area contributed by atoms with Gasteiger partial charge in [-0.25, -0.2) is 4.79 Å². The Morgan fingerprint density at radius 1 is 0.759 bits per heavy atom. The zero-order valence-electron chi connectivity index (χ0n) is 19.7. The number of hydrogen-bond donors (Lipinski definition) is 0. The minimum Gasteiger partial charge on any atom is -0.457 e. The standard InChI is InChI=1S/C26H48O3/c1-4-7-9-11-12-13-14-15-16-17-19-21-23-25(27)26(28)29-24(6-3)22-20-18-10-8-5-2/h5,8,24H,4,6-7,9-23H2,1-3H3. The largest absolute Gasteiger partial charge is 0.457 e. The third-order valence-electron chi connectivity index (χ3n) is 5.60. The van der Waals surface area contributed by atoms with Gasteiger partial charge in [-0.1, -0.05) is 96.6 Å². The third-order valence-corrected chi connectivity index (χ3v) is 5.60. The minimum atomic E-state index is -0.617. The summed E-state index contributed by atoms with van der Waals surface area (Å²) in [5.74, 6) is -0.960. The smallest absolute Gasteiger partial charge is 0.374 e. The van der Waals surface area contributed by atoms with Crippen LogP contribution in [0, 0.1) is 0 Å². The van der Waals surface area contributed by atoms with Crippen molar-refractivity contribution in [1.29, 1.82) is 0 Å². The maximum atomic E-state index is 12.0. The van der Waals surface area contributed by atoms with Gasteiger partial charge in [0.25, 0.3) is 0 Å². The summed E-state index contributed by atoms with van der Waals surface area (Å²) < 4.78 is 5.42. The van der Waals surface area contributed by atoms with Crippen LogP contribution >= 0.6 is 0 Å². The third kappa shape index (κ3) is 18.6. The summed E-state index contributed by atoms with van der Waals surface area (Å²) in [6.07, 6.45) is 24.4. The molecule has 3 heteroatoms. The lowest BCUT2D eigenvalue weighted by molar-refractivity contribution is -0.158. The highest BCUT2D eigenvalue weighted by atomic mass is 16.5. The van der Waals surface area contributed by atoms with Crippen LogP contribution in [0.25, 0.3) is 0 Å². The second-order valence-electron chi connectivity index (χ2n) is 8.35. The van der Waals surface area contributed by atoms with E-state index in [0.29, 0.717) is 6.42 Å². The molecule has 0 radical (unpaired) electrons. The van der Waals surface area contributed by atoms with E-state index in [1.54, 1.807) is 0 Å². The highest BCUT2D eigenvalue weighted by Crippen LogP contribution is 2.14. The quantitative estimate of drug-likeness (QED) is 0.0833. The van der Waals surface area contributed by atoms with E-state index in [9.17, 15) is 9.59 Å². The van der Waals surface area contributed by atoms with Crippen LogP contribution in [0.5, 0.6) is 0 Å². The first kappa shape index (κ1) is 27.9. The molecule has 0 rings (SSSR count). The van der Waals surface area contributed by atoms with Gasteiger partial charge in [0.2, 0.25) is 5.78 Å². The molecule has 0 bridgehead atoms. The van der Waals surface area contributed by atoms with Crippen LogP contribution in [0.2, 0.25) is 0 Å². The normalized spacial score (nSPS) is 12.4. The molecule has 0 aromatic heterocycles. The molecule has 0 aromatic carbocycles. The van der Waals surface area contributed by atoms with Gasteiger partial charge in [-0.3, -0.25) is 4.79 Å². The molecule has 0 saturated heterocycles. The van der Waals surface area contributed by atoms with Crippen molar-refractivity contribution in [2.75, 3.05) is 0 Å². The lowest BCUT2D eigenvalue weighted by Gasteiger charge is -2.15. The number of carbonyl (C=O) groups is 2. The molecule has 3 nitrogen and oxygen atoms in total. The average Bonchev–Trinajstić information content (AvgIpc) is 2.73. The molecular formula is C26H48O3. The molecule has 1 unspecified atom stereocenters. The maximum absolute atomic E-state index is 12.0. The number of esters is 1. The molecule has 0 heterocycles. The molecule has 0 aliphatic rings. The number of unbranched alkanes of at least 4 members (excludes halogenated alkanes) is 13. The summed E-state index contributed by atoms with van der Waals surface area (Å²) in [5, 5.41) is 0. The van der Waals surface area contributed by atoms with Gasteiger partial charge in [0.1, 0.15) is 6.10 Å². The number of ether oxygens (including phenoxy) is 1. The number of ketones is 1. The van der Waals surface area contributed by atoms with E-state index in [1.807, 2.05) is 13.8 Å². The van der Waals surface area contributed by atoms with Crippen molar-refractivity contribution in [3.05, 3.63) is 12.2 Å². The van der Waals surface area contributed by atoms with E-state index in [2.05, 4.69) is 19.1 Å². The van der Waals surface area contributed by atoms with Gasteiger partial charge < -0.3 is 4.74 Å². The van der Waals surface area contributed by atoms with Crippen molar-refractivity contribution in [1.82, 2.24) is 0 Å². The van der Waals surface area contributed by atoms with Crippen molar-refractivity contribution >= 4 is 11.8 Å². The van der Waals surface area contributed by atoms with E-state index < -0.39 is 5.97 Å². The molecule has 0 saturated carbocycles. The molecule has 0 aromatic rings. The average molecular weight is 409 g/mol. The Kier molecular flexibility index (Phi) is 20.8.